The van der Waals surface area contributed by atoms with Crippen LogP contribution in [0.15, 0.2) is 31.4 Å². The fraction of sp³-hybridized carbons (Fsp3) is 0.444. The molecule has 0 saturated carbocycles. The fourth-order valence-electron chi connectivity index (χ4n) is 1.80. The maximum absolute atomic E-state index is 11.9. The topological polar surface area (TPSA) is 39.2 Å². The van der Waals surface area contributed by atoms with Gasteiger partial charge in [-0.05, 0) is 52.2 Å². The van der Waals surface area contributed by atoms with Crippen molar-refractivity contribution < 1.29 is 9.53 Å². The highest BCUT2D eigenvalue weighted by molar-refractivity contribution is 5.75. The van der Waals surface area contributed by atoms with Crippen molar-refractivity contribution in [3.05, 3.63) is 48.3 Å². The Bertz CT molecular complexity index is 539. The van der Waals surface area contributed by atoms with Gasteiger partial charge in [-0.25, -0.2) is 0 Å². The van der Waals surface area contributed by atoms with E-state index in [9.17, 15) is 4.79 Å². The Balaban J connectivity index is 2.90. The molecule has 0 fully saturated rings. The van der Waals surface area contributed by atoms with Crippen LogP contribution in [-0.2, 0) is 16.1 Å². The van der Waals surface area contributed by atoms with Crippen LogP contribution < -0.4 is 0 Å². The maximum Gasteiger partial charge on any atom is 0.311 e. The molecule has 1 aromatic rings. The average molecular weight is 287 g/mol. The van der Waals surface area contributed by atoms with Crippen molar-refractivity contribution in [2.75, 3.05) is 0 Å². The average Bonchev–Trinajstić information content (AvgIpc) is 2.41. The standard InChI is InChI=1S/C18H25NO2/c1-7-8-9-13(2)15-11-10-14(3)19-16(15)12-21-17(20)18(4,5)6/h7,10-11H,1-2,8-9,12H2,3-6H3. The molecule has 0 N–H and O–H groups in total. The van der Waals surface area contributed by atoms with Crippen molar-refractivity contribution in [3.8, 4) is 0 Å². The highest BCUT2D eigenvalue weighted by atomic mass is 16.5. The number of allylic oxidation sites excluding steroid dienone is 2. The van der Waals surface area contributed by atoms with E-state index in [1.54, 1.807) is 0 Å². The van der Waals surface area contributed by atoms with Gasteiger partial charge in [-0.3, -0.25) is 9.78 Å². The lowest BCUT2D eigenvalue weighted by molar-refractivity contribution is -0.154. The zero-order chi connectivity index (χ0) is 16.0. The molecule has 0 aliphatic heterocycles. The first-order valence-electron chi connectivity index (χ1n) is 7.18. The highest BCUT2D eigenvalue weighted by Crippen LogP contribution is 2.23. The molecule has 1 rings (SSSR count). The molecule has 21 heavy (non-hydrogen) atoms. The molecule has 0 unspecified atom stereocenters. The van der Waals surface area contributed by atoms with E-state index >= 15 is 0 Å². The van der Waals surface area contributed by atoms with E-state index in [2.05, 4.69) is 18.1 Å². The van der Waals surface area contributed by atoms with Gasteiger partial charge in [0.2, 0.25) is 0 Å². The lowest BCUT2D eigenvalue weighted by atomic mass is 9.97. The molecule has 0 saturated heterocycles. The van der Waals surface area contributed by atoms with E-state index in [0.29, 0.717) is 0 Å². The zero-order valence-corrected chi connectivity index (χ0v) is 13.5. The summed E-state index contributed by atoms with van der Waals surface area (Å²) in [6, 6.07) is 3.94. The van der Waals surface area contributed by atoms with Gasteiger partial charge in [0.1, 0.15) is 6.61 Å². The molecule has 0 aliphatic rings. The lowest BCUT2D eigenvalue weighted by Crippen LogP contribution is -2.23. The molecule has 114 valence electrons. The number of nitrogens with zero attached hydrogens (tertiary/aromatic N) is 1. The van der Waals surface area contributed by atoms with Crippen LogP contribution in [0.1, 0.15) is 50.6 Å². The van der Waals surface area contributed by atoms with Crippen molar-refractivity contribution in [1.82, 2.24) is 4.98 Å². The summed E-state index contributed by atoms with van der Waals surface area (Å²) in [6.45, 7) is 15.4. The van der Waals surface area contributed by atoms with Crippen LogP contribution in [0.3, 0.4) is 0 Å². The van der Waals surface area contributed by atoms with E-state index in [-0.39, 0.29) is 12.6 Å². The molecular weight excluding hydrogens is 262 g/mol. The molecular formula is C18H25NO2. The van der Waals surface area contributed by atoms with E-state index in [1.807, 2.05) is 45.9 Å². The number of pyridine rings is 1. The summed E-state index contributed by atoms with van der Waals surface area (Å²) in [4.78, 5) is 16.4. The van der Waals surface area contributed by atoms with E-state index < -0.39 is 5.41 Å². The normalized spacial score (nSPS) is 11.0. The minimum Gasteiger partial charge on any atom is -0.459 e. The molecule has 1 aromatic heterocycles. The van der Waals surface area contributed by atoms with Gasteiger partial charge in [-0.2, -0.15) is 0 Å². The van der Waals surface area contributed by atoms with Crippen LogP contribution in [0.2, 0.25) is 0 Å². The predicted octanol–water partition coefficient (Wildman–Crippen LogP) is 4.46. The Labute approximate surface area is 127 Å². The molecule has 1 heterocycles. The second-order valence-corrected chi connectivity index (χ2v) is 6.20. The van der Waals surface area contributed by atoms with Gasteiger partial charge in [0.05, 0.1) is 11.1 Å². The number of aromatic nitrogens is 1. The number of aryl methyl sites for hydroxylation is 1. The first kappa shape index (κ1) is 17.2. The van der Waals surface area contributed by atoms with Gasteiger partial charge in [0, 0.05) is 11.3 Å². The molecule has 0 atom stereocenters. The maximum atomic E-state index is 11.9. The second-order valence-electron chi connectivity index (χ2n) is 6.20. The number of esters is 1. The van der Waals surface area contributed by atoms with Gasteiger partial charge in [-0.15, -0.1) is 6.58 Å². The smallest absolute Gasteiger partial charge is 0.311 e. The van der Waals surface area contributed by atoms with E-state index in [0.717, 1.165) is 35.4 Å². The van der Waals surface area contributed by atoms with Crippen LogP contribution in [0, 0.1) is 12.3 Å². The summed E-state index contributed by atoms with van der Waals surface area (Å²) in [5.41, 5.74) is 3.11. The molecule has 3 heteroatoms. The monoisotopic (exact) mass is 287 g/mol. The third kappa shape index (κ3) is 5.18. The Morgan fingerprint density at radius 1 is 1.38 bits per heavy atom. The lowest BCUT2D eigenvalue weighted by Gasteiger charge is -2.18. The fourth-order valence-corrected chi connectivity index (χ4v) is 1.80. The van der Waals surface area contributed by atoms with Crippen LogP contribution in [-0.4, -0.2) is 11.0 Å². The summed E-state index contributed by atoms with van der Waals surface area (Å²) in [5.74, 6) is -0.228. The first-order chi connectivity index (χ1) is 9.75. The van der Waals surface area contributed by atoms with E-state index in [1.165, 1.54) is 0 Å². The van der Waals surface area contributed by atoms with Crippen molar-refractivity contribution in [3.63, 3.8) is 0 Å². The first-order valence-corrected chi connectivity index (χ1v) is 7.18. The predicted molar refractivity (Wildman–Crippen MR) is 86.7 cm³/mol. The number of rotatable bonds is 6. The Morgan fingerprint density at radius 3 is 2.62 bits per heavy atom. The summed E-state index contributed by atoms with van der Waals surface area (Å²) < 4.78 is 5.38. The molecule has 3 nitrogen and oxygen atoms in total. The quantitative estimate of drug-likeness (QED) is 0.573. The van der Waals surface area contributed by atoms with Gasteiger partial charge in [0.15, 0.2) is 0 Å². The summed E-state index contributed by atoms with van der Waals surface area (Å²) in [5, 5.41) is 0. The summed E-state index contributed by atoms with van der Waals surface area (Å²) in [7, 11) is 0. The third-order valence-corrected chi connectivity index (χ3v) is 3.10. The molecule has 0 bridgehead atoms. The van der Waals surface area contributed by atoms with Crippen LogP contribution >= 0.6 is 0 Å². The van der Waals surface area contributed by atoms with Gasteiger partial charge in [0.25, 0.3) is 0 Å². The SMILES string of the molecule is C=CCCC(=C)c1ccc(C)nc1COC(=O)C(C)(C)C. The molecule has 0 aliphatic carbocycles. The van der Waals surface area contributed by atoms with Crippen LogP contribution in [0.4, 0.5) is 0 Å². The molecule has 0 amide bonds. The minimum atomic E-state index is -0.510. The third-order valence-electron chi connectivity index (χ3n) is 3.10. The number of carbonyl (C=O) groups excluding carboxylic acids is 1. The van der Waals surface area contributed by atoms with Crippen molar-refractivity contribution in [1.29, 1.82) is 0 Å². The number of hydrogen-bond acceptors (Lipinski definition) is 3. The van der Waals surface area contributed by atoms with Gasteiger partial charge >= 0.3 is 5.97 Å². The van der Waals surface area contributed by atoms with Crippen molar-refractivity contribution in [2.45, 2.75) is 47.1 Å². The zero-order valence-electron chi connectivity index (χ0n) is 13.5. The number of hydrogen-bond donors (Lipinski definition) is 0. The Hall–Kier alpha value is -1.90. The van der Waals surface area contributed by atoms with Crippen molar-refractivity contribution >= 4 is 11.5 Å². The summed E-state index contributed by atoms with van der Waals surface area (Å²) >= 11 is 0. The van der Waals surface area contributed by atoms with Gasteiger partial charge in [-0.1, -0.05) is 18.7 Å². The molecule has 0 spiro atoms. The Morgan fingerprint density at radius 2 is 2.05 bits per heavy atom. The molecule has 0 aromatic carbocycles. The van der Waals surface area contributed by atoms with Crippen LogP contribution in [0.5, 0.6) is 0 Å². The summed E-state index contributed by atoms with van der Waals surface area (Å²) in [6.07, 6.45) is 3.56. The number of ether oxygens (including phenoxy) is 1. The van der Waals surface area contributed by atoms with Gasteiger partial charge < -0.3 is 4.74 Å². The number of carbonyl (C=O) groups is 1. The molecule has 0 radical (unpaired) electrons. The Kier molecular flexibility index (Phi) is 5.89. The van der Waals surface area contributed by atoms with E-state index in [4.69, 9.17) is 4.74 Å². The van der Waals surface area contributed by atoms with Crippen molar-refractivity contribution in [2.24, 2.45) is 5.41 Å². The second kappa shape index (κ2) is 7.21. The highest BCUT2D eigenvalue weighted by Gasteiger charge is 2.23. The van der Waals surface area contributed by atoms with Crippen LogP contribution in [0.25, 0.3) is 5.57 Å². The largest absolute Gasteiger partial charge is 0.459 e. The minimum absolute atomic E-state index is 0.181.